The fourth-order valence-electron chi connectivity index (χ4n) is 3.01. The lowest BCUT2D eigenvalue weighted by Gasteiger charge is -2.18. The Kier molecular flexibility index (Phi) is 6.83. The normalized spacial score (nSPS) is 11.9. The maximum Gasteiger partial charge on any atom is 0.319 e. The van der Waals surface area contributed by atoms with Crippen molar-refractivity contribution in [1.29, 1.82) is 0 Å². The minimum Gasteiger partial charge on any atom is -0.465 e. The van der Waals surface area contributed by atoms with Crippen LogP contribution in [0.2, 0.25) is 0 Å². The number of fused-ring (bicyclic) bond motifs is 1. The minimum atomic E-state index is -0.548. The van der Waals surface area contributed by atoms with Gasteiger partial charge in [-0.2, -0.15) is 0 Å². The van der Waals surface area contributed by atoms with Crippen LogP contribution < -0.4 is 5.56 Å². The van der Waals surface area contributed by atoms with Gasteiger partial charge in [0.1, 0.15) is 5.25 Å². The number of carbonyl (C=O) groups excluding carboxylic acids is 1. The van der Waals surface area contributed by atoms with E-state index in [0.717, 1.165) is 18.2 Å². The van der Waals surface area contributed by atoms with Gasteiger partial charge in [-0.05, 0) is 31.5 Å². The third-order valence-electron chi connectivity index (χ3n) is 4.39. The molecule has 0 spiro atoms. The van der Waals surface area contributed by atoms with Crippen molar-refractivity contribution in [2.75, 3.05) is 6.61 Å². The lowest BCUT2D eigenvalue weighted by atomic mass is 10.2. The summed E-state index contributed by atoms with van der Waals surface area (Å²) in [6.45, 7) is 3.94. The number of aromatic nitrogens is 2. The first-order valence-electron chi connectivity index (χ1n) is 9.56. The van der Waals surface area contributed by atoms with Crippen LogP contribution in [-0.4, -0.2) is 32.3 Å². The molecule has 0 aliphatic rings. The van der Waals surface area contributed by atoms with Gasteiger partial charge >= 0.3 is 5.97 Å². The predicted molar refractivity (Wildman–Crippen MR) is 115 cm³/mol. The highest BCUT2D eigenvalue weighted by molar-refractivity contribution is 8.00. The molecule has 0 saturated carbocycles. The van der Waals surface area contributed by atoms with Crippen LogP contribution in [-0.2, 0) is 9.53 Å². The van der Waals surface area contributed by atoms with Crippen molar-refractivity contribution in [3.05, 3.63) is 69.0 Å². The molecule has 30 heavy (non-hydrogen) atoms. The van der Waals surface area contributed by atoms with Crippen molar-refractivity contribution in [2.24, 2.45) is 0 Å². The SMILES string of the molecule is CCC[C@@H](Sc1nc2ccccc2c(=O)n1-c1cccc([N+](=O)[O-])c1)C(=O)OCC. The molecule has 0 aliphatic carbocycles. The van der Waals surface area contributed by atoms with Gasteiger partial charge < -0.3 is 4.74 Å². The molecule has 0 unspecified atom stereocenters. The van der Waals surface area contributed by atoms with Crippen LogP contribution in [0.1, 0.15) is 26.7 Å². The summed E-state index contributed by atoms with van der Waals surface area (Å²) in [5.41, 5.74) is 0.307. The second-order valence-electron chi connectivity index (χ2n) is 6.48. The number of benzene rings is 2. The number of esters is 1. The van der Waals surface area contributed by atoms with Gasteiger partial charge in [0.15, 0.2) is 5.16 Å². The number of rotatable bonds is 8. The fraction of sp³-hybridized carbons (Fsp3) is 0.286. The van der Waals surface area contributed by atoms with Crippen LogP contribution in [0.3, 0.4) is 0 Å². The highest BCUT2D eigenvalue weighted by atomic mass is 32.2. The van der Waals surface area contributed by atoms with Crippen LogP contribution >= 0.6 is 11.8 Å². The van der Waals surface area contributed by atoms with Crippen LogP contribution in [0.4, 0.5) is 5.69 Å². The zero-order valence-electron chi connectivity index (χ0n) is 16.6. The van der Waals surface area contributed by atoms with E-state index in [9.17, 15) is 19.7 Å². The monoisotopic (exact) mass is 427 g/mol. The van der Waals surface area contributed by atoms with Gasteiger partial charge in [0, 0.05) is 12.1 Å². The number of nitrogens with zero attached hydrogens (tertiary/aromatic N) is 3. The van der Waals surface area contributed by atoms with E-state index >= 15 is 0 Å². The molecule has 0 N–H and O–H groups in total. The summed E-state index contributed by atoms with van der Waals surface area (Å²) in [7, 11) is 0. The van der Waals surface area contributed by atoms with Gasteiger partial charge in [-0.1, -0.05) is 43.3 Å². The zero-order chi connectivity index (χ0) is 21.7. The Morgan fingerprint density at radius 2 is 2.00 bits per heavy atom. The number of hydrogen-bond acceptors (Lipinski definition) is 7. The average molecular weight is 427 g/mol. The Morgan fingerprint density at radius 3 is 2.70 bits per heavy atom. The Hall–Kier alpha value is -3.20. The van der Waals surface area contributed by atoms with E-state index in [2.05, 4.69) is 4.98 Å². The van der Waals surface area contributed by atoms with Crippen molar-refractivity contribution in [3.8, 4) is 5.69 Å². The van der Waals surface area contributed by atoms with Gasteiger partial charge in [-0.15, -0.1) is 0 Å². The quantitative estimate of drug-likeness (QED) is 0.175. The molecule has 0 fully saturated rings. The summed E-state index contributed by atoms with van der Waals surface area (Å²) in [6.07, 6.45) is 1.28. The van der Waals surface area contributed by atoms with Crippen molar-refractivity contribution < 1.29 is 14.5 Å². The van der Waals surface area contributed by atoms with Crippen molar-refractivity contribution in [3.63, 3.8) is 0 Å². The summed E-state index contributed by atoms with van der Waals surface area (Å²) in [5, 5.41) is 11.3. The third-order valence-corrected chi connectivity index (χ3v) is 5.59. The van der Waals surface area contributed by atoms with E-state index in [4.69, 9.17) is 4.74 Å². The van der Waals surface area contributed by atoms with Gasteiger partial charge in [-0.25, -0.2) is 4.98 Å². The van der Waals surface area contributed by atoms with Crippen LogP contribution in [0.25, 0.3) is 16.6 Å². The van der Waals surface area contributed by atoms with Crippen LogP contribution in [0, 0.1) is 10.1 Å². The number of carbonyl (C=O) groups is 1. The van der Waals surface area contributed by atoms with Gasteiger partial charge in [-0.3, -0.25) is 24.3 Å². The first kappa shape index (κ1) is 21.5. The van der Waals surface area contributed by atoms with E-state index < -0.39 is 10.2 Å². The lowest BCUT2D eigenvalue weighted by molar-refractivity contribution is -0.384. The average Bonchev–Trinajstić information content (AvgIpc) is 2.74. The summed E-state index contributed by atoms with van der Waals surface area (Å²) in [6, 6.07) is 12.7. The number of nitro groups is 1. The molecule has 156 valence electrons. The minimum absolute atomic E-state index is 0.140. The van der Waals surface area contributed by atoms with Gasteiger partial charge in [0.05, 0.1) is 28.1 Å². The van der Waals surface area contributed by atoms with Gasteiger partial charge in [0.25, 0.3) is 11.2 Å². The molecule has 0 saturated heterocycles. The maximum atomic E-state index is 13.3. The van der Waals surface area contributed by atoms with Crippen molar-refractivity contribution >= 4 is 34.3 Å². The first-order valence-corrected chi connectivity index (χ1v) is 10.4. The molecule has 0 aliphatic heterocycles. The van der Waals surface area contributed by atoms with Crippen LogP contribution in [0.15, 0.2) is 58.5 Å². The number of para-hydroxylation sites is 1. The molecule has 0 amide bonds. The molecular weight excluding hydrogens is 406 g/mol. The summed E-state index contributed by atoms with van der Waals surface area (Å²) >= 11 is 1.13. The second-order valence-corrected chi connectivity index (χ2v) is 7.65. The summed E-state index contributed by atoms with van der Waals surface area (Å²) in [4.78, 5) is 41.0. The number of hydrogen-bond donors (Lipinski definition) is 0. The molecule has 3 aromatic rings. The molecule has 0 bridgehead atoms. The summed E-state index contributed by atoms with van der Waals surface area (Å²) < 4.78 is 6.50. The first-order chi connectivity index (χ1) is 14.5. The Balaban J connectivity index is 2.20. The Bertz CT molecular complexity index is 1140. The number of nitro benzene ring substituents is 1. The highest BCUT2D eigenvalue weighted by Crippen LogP contribution is 2.29. The molecular formula is C21H21N3O5S. The number of ether oxygens (including phenoxy) is 1. The Labute approximate surface area is 177 Å². The van der Waals surface area contributed by atoms with Gasteiger partial charge in [0.2, 0.25) is 0 Å². The predicted octanol–water partition coefficient (Wildman–Crippen LogP) is 4.12. The summed E-state index contributed by atoms with van der Waals surface area (Å²) in [5.74, 6) is -0.377. The topological polar surface area (TPSA) is 104 Å². The second kappa shape index (κ2) is 9.53. The van der Waals surface area contributed by atoms with E-state index in [1.165, 1.54) is 22.8 Å². The van der Waals surface area contributed by atoms with E-state index in [0.29, 0.717) is 23.0 Å². The molecule has 8 nitrogen and oxygen atoms in total. The smallest absolute Gasteiger partial charge is 0.319 e. The van der Waals surface area contributed by atoms with E-state index in [1.54, 1.807) is 37.3 Å². The maximum absolute atomic E-state index is 13.3. The molecule has 1 heterocycles. The zero-order valence-corrected chi connectivity index (χ0v) is 17.4. The standard InChI is InChI=1S/C21H21N3O5S/c1-3-8-18(20(26)29-4-2)30-21-22-17-12-6-5-11-16(17)19(25)23(21)14-9-7-10-15(13-14)24(27)28/h5-7,9-13,18H,3-4,8H2,1-2H3/t18-/m1/s1. The highest BCUT2D eigenvalue weighted by Gasteiger charge is 2.24. The van der Waals surface area contributed by atoms with Crippen molar-refractivity contribution in [1.82, 2.24) is 9.55 Å². The number of thioether (sulfide) groups is 1. The Morgan fingerprint density at radius 1 is 1.23 bits per heavy atom. The van der Waals surface area contributed by atoms with E-state index in [1.807, 2.05) is 6.92 Å². The molecule has 2 aromatic carbocycles. The van der Waals surface area contributed by atoms with Crippen molar-refractivity contribution in [2.45, 2.75) is 37.1 Å². The largest absolute Gasteiger partial charge is 0.465 e. The lowest BCUT2D eigenvalue weighted by Crippen LogP contribution is -2.25. The number of non-ortho nitro benzene ring substituents is 1. The van der Waals surface area contributed by atoms with Crippen LogP contribution in [0.5, 0.6) is 0 Å². The van der Waals surface area contributed by atoms with E-state index in [-0.39, 0.29) is 29.0 Å². The third kappa shape index (κ3) is 4.51. The fourth-order valence-corrected chi connectivity index (χ4v) is 4.23. The molecule has 9 heteroatoms. The molecule has 3 rings (SSSR count). The molecule has 1 atom stereocenters. The molecule has 1 aromatic heterocycles. The molecule has 0 radical (unpaired) electrons.